The van der Waals surface area contributed by atoms with E-state index in [1.807, 2.05) is 75.4 Å². The molecule has 278 valence electrons. The molecular formula is C42H50N6O5. The molecule has 0 saturated carbocycles. The molecule has 1 amide bonds. The highest BCUT2D eigenvalue weighted by Crippen LogP contribution is 2.20. The van der Waals surface area contributed by atoms with Crippen LogP contribution >= 0.6 is 0 Å². The van der Waals surface area contributed by atoms with Crippen LogP contribution in [0.1, 0.15) is 66.5 Å². The zero-order valence-corrected chi connectivity index (χ0v) is 30.7. The molecule has 11 nitrogen and oxygen atoms in total. The molecule has 0 radical (unpaired) electrons. The van der Waals surface area contributed by atoms with Gasteiger partial charge in [0.15, 0.2) is 11.3 Å². The third kappa shape index (κ3) is 12.3. The summed E-state index contributed by atoms with van der Waals surface area (Å²) in [5.41, 5.74) is 13.0. The molecule has 0 spiro atoms. The normalized spacial score (nSPS) is 12.2. The fraction of sp³-hybridized carbons (Fsp3) is 0.310. The number of nitrogens with zero attached hydrogens (tertiary/aromatic N) is 3. The lowest BCUT2D eigenvalue weighted by atomic mass is 9.85. The molecule has 0 aliphatic heterocycles. The molecule has 2 aromatic heterocycles. The van der Waals surface area contributed by atoms with Crippen molar-refractivity contribution in [2.75, 3.05) is 13.1 Å². The van der Waals surface area contributed by atoms with E-state index < -0.39 is 29.0 Å². The number of Topliss-reactive ketones (excluding diaryl/α,β-unsaturated/α-hetero) is 1. The summed E-state index contributed by atoms with van der Waals surface area (Å²) < 4.78 is 5.58. The third-order valence-corrected chi connectivity index (χ3v) is 8.46. The van der Waals surface area contributed by atoms with Gasteiger partial charge in [-0.3, -0.25) is 14.8 Å². The largest absolute Gasteiger partial charge is 0.480 e. The van der Waals surface area contributed by atoms with E-state index >= 15 is 0 Å². The van der Waals surface area contributed by atoms with Gasteiger partial charge in [0.25, 0.3) is 0 Å². The van der Waals surface area contributed by atoms with Crippen molar-refractivity contribution in [3.8, 4) is 0 Å². The number of fused-ring (bicyclic) bond motifs is 1. The molecule has 11 heteroatoms. The Kier molecular flexibility index (Phi) is 14.7. The van der Waals surface area contributed by atoms with Gasteiger partial charge in [-0.1, -0.05) is 78.9 Å². The maximum absolute atomic E-state index is 13.2. The maximum atomic E-state index is 13.2. The van der Waals surface area contributed by atoms with E-state index in [0.29, 0.717) is 39.0 Å². The topological polar surface area (TPSA) is 174 Å². The van der Waals surface area contributed by atoms with Crippen molar-refractivity contribution in [3.05, 3.63) is 144 Å². The van der Waals surface area contributed by atoms with Crippen molar-refractivity contribution in [1.82, 2.24) is 20.2 Å². The SMILES string of the molecule is CC(C)(C)OC(=O)N(CCc1ccc(C(=O)[C@@](N)(CCCNCc2ccccn2)C(=O)O)cc1)Cc1ccccn1.NCc1cccc2ccccc12. The van der Waals surface area contributed by atoms with Crippen molar-refractivity contribution in [2.24, 2.45) is 11.5 Å². The predicted molar refractivity (Wildman–Crippen MR) is 207 cm³/mol. The average molecular weight is 719 g/mol. The van der Waals surface area contributed by atoms with Crippen LogP contribution in [0.2, 0.25) is 0 Å². The monoisotopic (exact) mass is 718 g/mol. The van der Waals surface area contributed by atoms with Crippen LogP contribution in [0, 0.1) is 0 Å². The maximum Gasteiger partial charge on any atom is 0.410 e. The van der Waals surface area contributed by atoms with Crippen LogP contribution in [-0.2, 0) is 35.6 Å². The van der Waals surface area contributed by atoms with Crippen LogP contribution in [0.4, 0.5) is 4.79 Å². The first-order chi connectivity index (χ1) is 25.4. The number of carbonyl (C=O) groups excluding carboxylic acids is 2. The zero-order chi connectivity index (χ0) is 38.3. The number of aliphatic carboxylic acids is 1. The molecule has 0 aliphatic carbocycles. The van der Waals surface area contributed by atoms with E-state index in [4.69, 9.17) is 16.2 Å². The van der Waals surface area contributed by atoms with Gasteiger partial charge in [0.1, 0.15) is 5.60 Å². The number of pyridine rings is 2. The Morgan fingerprint density at radius 3 is 2.09 bits per heavy atom. The molecule has 0 unspecified atom stereocenters. The number of ketones is 1. The van der Waals surface area contributed by atoms with Gasteiger partial charge in [0, 0.05) is 37.6 Å². The fourth-order valence-corrected chi connectivity index (χ4v) is 5.59. The van der Waals surface area contributed by atoms with E-state index in [2.05, 4.69) is 39.6 Å². The predicted octanol–water partition coefficient (Wildman–Crippen LogP) is 6.29. The Labute approximate surface area is 311 Å². The summed E-state index contributed by atoms with van der Waals surface area (Å²) in [7, 11) is 0. The number of amides is 1. The van der Waals surface area contributed by atoms with E-state index in [1.165, 1.54) is 16.3 Å². The lowest BCUT2D eigenvalue weighted by molar-refractivity contribution is -0.141. The van der Waals surface area contributed by atoms with Crippen LogP contribution in [0.5, 0.6) is 0 Å². The number of hydrogen-bond acceptors (Lipinski definition) is 9. The minimum Gasteiger partial charge on any atom is -0.480 e. The quantitative estimate of drug-likeness (QED) is 0.0547. The number of aromatic nitrogens is 2. The van der Waals surface area contributed by atoms with Crippen LogP contribution in [0.25, 0.3) is 10.8 Å². The highest BCUT2D eigenvalue weighted by molar-refractivity contribution is 6.15. The molecule has 1 atom stereocenters. The average Bonchev–Trinajstić information content (AvgIpc) is 3.16. The number of hydrogen-bond donors (Lipinski definition) is 4. The highest BCUT2D eigenvalue weighted by Gasteiger charge is 2.42. The van der Waals surface area contributed by atoms with Crippen molar-refractivity contribution >= 4 is 28.6 Å². The van der Waals surface area contributed by atoms with E-state index in [1.54, 1.807) is 41.6 Å². The van der Waals surface area contributed by atoms with Gasteiger partial charge in [-0.2, -0.15) is 0 Å². The van der Waals surface area contributed by atoms with Crippen LogP contribution in [0.15, 0.2) is 116 Å². The summed E-state index contributed by atoms with van der Waals surface area (Å²) in [6.45, 7) is 7.72. The Bertz CT molecular complexity index is 1910. The van der Waals surface area contributed by atoms with Gasteiger partial charge in [-0.15, -0.1) is 0 Å². The number of nitrogens with two attached hydrogens (primary N) is 2. The molecule has 3 aromatic carbocycles. The number of ether oxygens (including phenoxy) is 1. The standard InChI is InChI=1S/C31H39N5O5.C11H11N/c1-30(2,3)41-29(40)36(22-26-10-5-7-19-35-26)20-15-23-11-13-24(14-12-23)27(37)31(32,28(38)39)16-8-17-33-21-25-9-4-6-18-34-25;12-8-10-6-3-5-9-4-1-2-7-11(9)10/h4-7,9-14,18-19,33H,8,15-17,20-22,32H2,1-3H3,(H,38,39);1-7H,8,12H2/t31-;/m0./s1. The number of carboxylic acids is 1. The lowest BCUT2D eigenvalue weighted by Crippen LogP contribution is -2.55. The summed E-state index contributed by atoms with van der Waals surface area (Å²) in [5, 5.41) is 15.5. The number of rotatable bonds is 15. The summed E-state index contributed by atoms with van der Waals surface area (Å²) in [4.78, 5) is 48.2. The summed E-state index contributed by atoms with van der Waals surface area (Å²) in [6.07, 6.45) is 3.81. The number of carbonyl (C=O) groups is 3. The second-order valence-corrected chi connectivity index (χ2v) is 13.7. The molecule has 2 heterocycles. The van der Waals surface area contributed by atoms with Gasteiger partial charge in [-0.05, 0) is 92.7 Å². The molecule has 0 fully saturated rings. The van der Waals surface area contributed by atoms with Crippen molar-refractivity contribution in [2.45, 2.75) is 70.8 Å². The fourth-order valence-electron chi connectivity index (χ4n) is 5.59. The molecular weight excluding hydrogens is 668 g/mol. The smallest absolute Gasteiger partial charge is 0.410 e. The van der Waals surface area contributed by atoms with Crippen molar-refractivity contribution in [1.29, 1.82) is 0 Å². The first kappa shape index (κ1) is 40.3. The second kappa shape index (κ2) is 19.4. The van der Waals surface area contributed by atoms with Gasteiger partial charge < -0.3 is 31.5 Å². The number of carboxylic acid groups (broad SMARTS) is 1. The second-order valence-electron chi connectivity index (χ2n) is 13.7. The first-order valence-corrected chi connectivity index (χ1v) is 17.7. The van der Waals surface area contributed by atoms with Crippen molar-refractivity contribution in [3.63, 3.8) is 0 Å². The lowest BCUT2D eigenvalue weighted by Gasteiger charge is -2.27. The third-order valence-electron chi connectivity index (χ3n) is 8.46. The summed E-state index contributed by atoms with van der Waals surface area (Å²) in [6, 6.07) is 32.3. The van der Waals surface area contributed by atoms with Gasteiger partial charge in [0.2, 0.25) is 0 Å². The van der Waals surface area contributed by atoms with Gasteiger partial charge in [0.05, 0.1) is 17.9 Å². The summed E-state index contributed by atoms with van der Waals surface area (Å²) in [5.74, 6) is -2.01. The molecule has 0 saturated heterocycles. The Hall–Kier alpha value is -5.49. The van der Waals surface area contributed by atoms with Gasteiger partial charge in [-0.25, -0.2) is 9.59 Å². The number of nitrogens with one attached hydrogen (secondary N) is 1. The Morgan fingerprint density at radius 1 is 0.830 bits per heavy atom. The Balaban J connectivity index is 0.000000437. The zero-order valence-electron chi connectivity index (χ0n) is 30.7. The van der Waals surface area contributed by atoms with E-state index in [-0.39, 0.29) is 18.5 Å². The minimum absolute atomic E-state index is 0.0174. The molecule has 5 rings (SSSR count). The van der Waals surface area contributed by atoms with Gasteiger partial charge >= 0.3 is 12.1 Å². The molecule has 53 heavy (non-hydrogen) atoms. The molecule has 6 N–H and O–H groups in total. The summed E-state index contributed by atoms with van der Waals surface area (Å²) >= 11 is 0. The van der Waals surface area contributed by atoms with Crippen LogP contribution < -0.4 is 16.8 Å². The van der Waals surface area contributed by atoms with E-state index in [0.717, 1.165) is 17.0 Å². The van der Waals surface area contributed by atoms with Crippen molar-refractivity contribution < 1.29 is 24.2 Å². The van der Waals surface area contributed by atoms with E-state index in [9.17, 15) is 19.5 Å². The molecule has 5 aromatic rings. The Morgan fingerprint density at radius 2 is 1.47 bits per heavy atom. The molecule has 0 bridgehead atoms. The molecule has 0 aliphatic rings. The highest BCUT2D eigenvalue weighted by atomic mass is 16.6. The first-order valence-electron chi connectivity index (χ1n) is 17.7. The van der Waals surface area contributed by atoms with Crippen LogP contribution in [-0.4, -0.2) is 62.0 Å². The minimum atomic E-state index is -2.04. The van der Waals surface area contributed by atoms with Crippen LogP contribution in [0.3, 0.4) is 0 Å². The number of benzene rings is 3.